The molecule has 0 N–H and O–H groups in total. The average Bonchev–Trinajstić information content (AvgIpc) is 2.90. The fourth-order valence-corrected chi connectivity index (χ4v) is 3.81. The first-order chi connectivity index (χ1) is 10.6. The Balaban J connectivity index is 1.74. The van der Waals surface area contributed by atoms with Gasteiger partial charge in [0.2, 0.25) is 0 Å². The molecule has 2 aromatic rings. The third-order valence-electron chi connectivity index (χ3n) is 3.60. The summed E-state index contributed by atoms with van der Waals surface area (Å²) in [7, 11) is 4.24. The van der Waals surface area contributed by atoms with Crippen molar-refractivity contribution in [3.05, 3.63) is 28.7 Å². The van der Waals surface area contributed by atoms with Crippen molar-refractivity contribution in [2.75, 3.05) is 33.1 Å². The first kappa shape index (κ1) is 16.0. The highest BCUT2D eigenvalue weighted by Gasteiger charge is 2.22. The van der Waals surface area contributed by atoms with E-state index >= 15 is 0 Å². The van der Waals surface area contributed by atoms with Gasteiger partial charge in [0.1, 0.15) is 0 Å². The van der Waals surface area contributed by atoms with E-state index < -0.39 is 0 Å². The van der Waals surface area contributed by atoms with Crippen LogP contribution < -0.4 is 0 Å². The van der Waals surface area contributed by atoms with Gasteiger partial charge >= 0.3 is 0 Å². The molecule has 0 amide bonds. The molecule has 0 aliphatic carbocycles. The topological polar surface area (TPSA) is 37.2 Å². The summed E-state index contributed by atoms with van der Waals surface area (Å²) in [5.74, 6) is 1.94. The van der Waals surface area contributed by atoms with E-state index in [1.54, 1.807) is 11.8 Å². The zero-order chi connectivity index (χ0) is 15.5. The van der Waals surface area contributed by atoms with E-state index in [1.165, 1.54) is 6.42 Å². The van der Waals surface area contributed by atoms with Gasteiger partial charge < -0.3 is 4.90 Å². The van der Waals surface area contributed by atoms with Gasteiger partial charge in [-0.1, -0.05) is 39.8 Å². The van der Waals surface area contributed by atoms with E-state index in [-0.39, 0.29) is 0 Å². The summed E-state index contributed by atoms with van der Waals surface area (Å²) >= 11 is 5.29. The third-order valence-corrected chi connectivity index (χ3v) is 5.14. The largest absolute Gasteiger partial charge is 0.309 e. The lowest BCUT2D eigenvalue weighted by Gasteiger charge is -2.28. The van der Waals surface area contributed by atoms with Gasteiger partial charge in [0.15, 0.2) is 11.0 Å². The van der Waals surface area contributed by atoms with Crippen LogP contribution in [0, 0.1) is 0 Å². The van der Waals surface area contributed by atoms with Crippen LogP contribution in [0.3, 0.4) is 0 Å². The van der Waals surface area contributed by atoms with Crippen molar-refractivity contribution >= 4 is 27.7 Å². The van der Waals surface area contributed by atoms with Gasteiger partial charge in [-0.2, -0.15) is 0 Å². The van der Waals surface area contributed by atoms with Gasteiger partial charge in [-0.05, 0) is 39.2 Å². The van der Waals surface area contributed by atoms with Crippen molar-refractivity contribution in [1.29, 1.82) is 0 Å². The van der Waals surface area contributed by atoms with E-state index in [0.717, 1.165) is 46.7 Å². The third kappa shape index (κ3) is 3.71. The van der Waals surface area contributed by atoms with E-state index in [9.17, 15) is 0 Å². The monoisotopic (exact) mass is 381 g/mol. The Kier molecular flexibility index (Phi) is 5.18. The quantitative estimate of drug-likeness (QED) is 0.795. The van der Waals surface area contributed by atoms with Gasteiger partial charge in [0, 0.05) is 16.6 Å². The summed E-state index contributed by atoms with van der Waals surface area (Å²) in [6, 6.07) is 8.23. The van der Waals surface area contributed by atoms with Crippen LogP contribution in [0.4, 0.5) is 0 Å². The molecule has 0 bridgehead atoms. The van der Waals surface area contributed by atoms with Gasteiger partial charge in [0.05, 0.1) is 12.5 Å². The van der Waals surface area contributed by atoms with Gasteiger partial charge in [-0.15, -0.1) is 10.2 Å². The highest BCUT2D eigenvalue weighted by Crippen LogP contribution is 2.29. The second-order valence-corrected chi connectivity index (χ2v) is 7.54. The summed E-state index contributed by atoms with van der Waals surface area (Å²) in [6.45, 7) is 3.08. The molecule has 1 aromatic heterocycles. The molecule has 0 radical (unpaired) electrons. The number of benzene rings is 1. The van der Waals surface area contributed by atoms with Crippen LogP contribution in [-0.2, 0) is 6.67 Å². The lowest BCUT2D eigenvalue weighted by atomic mass is 10.2. The molecular formula is C15H20BrN5S. The number of aromatic nitrogens is 3. The molecule has 3 rings (SSSR count). The second-order valence-electron chi connectivity index (χ2n) is 5.71. The highest BCUT2D eigenvalue weighted by molar-refractivity contribution is 9.10. The Morgan fingerprint density at radius 2 is 2.18 bits per heavy atom. The molecule has 0 unspecified atom stereocenters. The van der Waals surface area contributed by atoms with Crippen LogP contribution in [0.2, 0.25) is 0 Å². The molecule has 118 valence electrons. The van der Waals surface area contributed by atoms with Crippen LogP contribution >= 0.6 is 27.7 Å². The summed E-state index contributed by atoms with van der Waals surface area (Å²) in [5.41, 5.74) is 1.10. The predicted molar refractivity (Wildman–Crippen MR) is 93.8 cm³/mol. The zero-order valence-electron chi connectivity index (χ0n) is 12.9. The highest BCUT2D eigenvalue weighted by atomic mass is 79.9. The van der Waals surface area contributed by atoms with Crippen molar-refractivity contribution < 1.29 is 0 Å². The van der Waals surface area contributed by atoms with Crippen LogP contribution in [-0.4, -0.2) is 57.6 Å². The van der Waals surface area contributed by atoms with Gasteiger partial charge in [-0.3, -0.25) is 9.47 Å². The lowest BCUT2D eigenvalue weighted by Crippen LogP contribution is -2.32. The maximum atomic E-state index is 4.39. The van der Waals surface area contributed by atoms with Crippen molar-refractivity contribution in [2.24, 2.45) is 0 Å². The first-order valence-corrected chi connectivity index (χ1v) is 9.10. The number of fused-ring (bicyclic) bond motifs is 1. The number of rotatable bonds is 5. The smallest absolute Gasteiger partial charge is 0.193 e. The molecule has 1 aromatic carbocycles. The molecule has 0 spiro atoms. The van der Waals surface area contributed by atoms with Crippen molar-refractivity contribution in [3.63, 3.8) is 0 Å². The molecular weight excluding hydrogens is 362 g/mol. The predicted octanol–water partition coefficient (Wildman–Crippen LogP) is 2.98. The van der Waals surface area contributed by atoms with Crippen molar-refractivity contribution in [1.82, 2.24) is 24.6 Å². The first-order valence-electron chi connectivity index (χ1n) is 7.32. The lowest BCUT2D eigenvalue weighted by molar-refractivity contribution is 0.226. The Hall–Kier alpha value is -0.890. The number of halogens is 1. The number of hydrogen-bond acceptors (Lipinski definition) is 5. The molecule has 2 heterocycles. The molecule has 1 aliphatic rings. The van der Waals surface area contributed by atoms with Crippen LogP contribution in [0.5, 0.6) is 0 Å². The molecule has 0 atom stereocenters. The second kappa shape index (κ2) is 7.12. The minimum absolute atomic E-state index is 0.866. The maximum absolute atomic E-state index is 4.39. The molecule has 0 fully saturated rings. The Labute approximate surface area is 143 Å². The minimum Gasteiger partial charge on any atom is -0.309 e. The van der Waals surface area contributed by atoms with E-state index in [1.807, 2.05) is 12.1 Å². The molecule has 1 aliphatic heterocycles. The SMILES string of the molecule is CN(C)CCCN1CSc2nnc(-c3cccc(Br)c3)n2C1. The van der Waals surface area contributed by atoms with E-state index in [4.69, 9.17) is 0 Å². The van der Waals surface area contributed by atoms with Crippen LogP contribution in [0.25, 0.3) is 11.4 Å². The fraction of sp³-hybridized carbons (Fsp3) is 0.467. The van der Waals surface area contributed by atoms with Crippen LogP contribution in [0.15, 0.2) is 33.9 Å². The number of hydrogen-bond donors (Lipinski definition) is 0. The van der Waals surface area contributed by atoms with Gasteiger partial charge in [0.25, 0.3) is 0 Å². The maximum Gasteiger partial charge on any atom is 0.193 e. The number of nitrogens with zero attached hydrogens (tertiary/aromatic N) is 5. The average molecular weight is 382 g/mol. The molecule has 5 nitrogen and oxygen atoms in total. The Morgan fingerprint density at radius 3 is 2.95 bits per heavy atom. The summed E-state index contributed by atoms with van der Waals surface area (Å²) in [5, 5.41) is 9.73. The molecule has 0 saturated carbocycles. The fourth-order valence-electron chi connectivity index (χ4n) is 2.50. The molecule has 0 saturated heterocycles. The summed E-state index contributed by atoms with van der Waals surface area (Å²) < 4.78 is 3.28. The number of thioether (sulfide) groups is 1. The van der Waals surface area contributed by atoms with Crippen LogP contribution in [0.1, 0.15) is 6.42 Å². The van der Waals surface area contributed by atoms with E-state index in [0.29, 0.717) is 0 Å². The molecule has 22 heavy (non-hydrogen) atoms. The van der Waals surface area contributed by atoms with Crippen molar-refractivity contribution in [2.45, 2.75) is 18.2 Å². The van der Waals surface area contributed by atoms with E-state index in [2.05, 4.69) is 66.7 Å². The normalized spacial score (nSPS) is 15.3. The standard InChI is InChI=1S/C15H20BrN5S/c1-19(2)7-4-8-20-10-21-14(17-18-15(21)22-11-20)12-5-3-6-13(16)9-12/h3,5-6,9H,4,7-8,10-11H2,1-2H3. The Bertz CT molecular complexity index is 643. The summed E-state index contributed by atoms with van der Waals surface area (Å²) in [4.78, 5) is 4.68. The minimum atomic E-state index is 0.866. The zero-order valence-corrected chi connectivity index (χ0v) is 15.3. The van der Waals surface area contributed by atoms with Gasteiger partial charge in [-0.25, -0.2) is 0 Å². The van der Waals surface area contributed by atoms with Crippen molar-refractivity contribution in [3.8, 4) is 11.4 Å². The summed E-state index contributed by atoms with van der Waals surface area (Å²) in [6.07, 6.45) is 1.18. The Morgan fingerprint density at radius 1 is 1.32 bits per heavy atom. The molecule has 7 heteroatoms.